The molecule has 3 rings (SSSR count). The normalized spacial score (nSPS) is 10.6. The number of hydrogen-bond acceptors (Lipinski definition) is 5. The van der Waals surface area contributed by atoms with Gasteiger partial charge in [-0.25, -0.2) is 4.39 Å². The average molecular weight is 328 g/mol. The summed E-state index contributed by atoms with van der Waals surface area (Å²) in [5.74, 6) is -0.480. The minimum absolute atomic E-state index is 0.0268. The number of amides is 1. The van der Waals surface area contributed by atoms with Gasteiger partial charge in [0.1, 0.15) is 22.9 Å². The van der Waals surface area contributed by atoms with E-state index in [1.807, 2.05) is 0 Å². The fourth-order valence-electron chi connectivity index (χ4n) is 2.14. The van der Waals surface area contributed by atoms with Crippen molar-refractivity contribution in [1.82, 2.24) is 14.9 Å². The van der Waals surface area contributed by atoms with Gasteiger partial charge in [0, 0.05) is 6.07 Å². The third-order valence-electron chi connectivity index (χ3n) is 3.38. The minimum Gasteiger partial charge on any atom is -0.359 e. The molecule has 0 spiro atoms. The van der Waals surface area contributed by atoms with Crippen LogP contribution in [0, 0.1) is 19.7 Å². The van der Waals surface area contributed by atoms with E-state index in [-0.39, 0.29) is 5.69 Å². The number of nitrogens with zero attached hydrogens (tertiary/aromatic N) is 3. The summed E-state index contributed by atoms with van der Waals surface area (Å²) in [6, 6.07) is 7.76. The van der Waals surface area contributed by atoms with E-state index in [9.17, 15) is 14.0 Å². The van der Waals surface area contributed by atoms with E-state index in [1.54, 1.807) is 13.8 Å². The number of benzene rings is 1. The lowest BCUT2D eigenvalue weighted by atomic mass is 10.3. The number of aryl methyl sites for hydroxylation is 2. The molecule has 0 unspecified atom stereocenters. The molecule has 2 aromatic heterocycles. The van der Waals surface area contributed by atoms with Crippen LogP contribution in [-0.4, -0.2) is 20.8 Å². The summed E-state index contributed by atoms with van der Waals surface area (Å²) in [6.45, 7) is 3.36. The highest BCUT2D eigenvalue weighted by atomic mass is 19.1. The van der Waals surface area contributed by atoms with Gasteiger partial charge in [0.25, 0.3) is 11.5 Å². The van der Waals surface area contributed by atoms with Crippen molar-refractivity contribution in [1.29, 1.82) is 0 Å². The first-order valence-electron chi connectivity index (χ1n) is 7.06. The molecule has 1 amide bonds. The zero-order valence-electron chi connectivity index (χ0n) is 12.9. The molecule has 0 aliphatic rings. The second-order valence-corrected chi connectivity index (χ2v) is 5.10. The first-order chi connectivity index (χ1) is 11.5. The number of rotatable bonds is 3. The Morgan fingerprint density at radius 2 is 1.88 bits per heavy atom. The molecule has 2 heterocycles. The molecule has 1 N–H and O–H groups in total. The molecule has 122 valence electrons. The van der Waals surface area contributed by atoms with Gasteiger partial charge in [0.15, 0.2) is 5.76 Å². The molecule has 0 bridgehead atoms. The van der Waals surface area contributed by atoms with E-state index in [1.165, 1.54) is 36.4 Å². The Balaban J connectivity index is 1.95. The van der Waals surface area contributed by atoms with Gasteiger partial charge in [-0.3, -0.25) is 9.59 Å². The third kappa shape index (κ3) is 2.94. The number of carbonyl (C=O) groups excluding carboxylic acids is 1. The van der Waals surface area contributed by atoms with Crippen LogP contribution in [0.5, 0.6) is 0 Å². The minimum atomic E-state index is -0.514. The van der Waals surface area contributed by atoms with Gasteiger partial charge in [-0.2, -0.15) is 9.78 Å². The lowest BCUT2D eigenvalue weighted by Gasteiger charge is -2.07. The molecule has 0 aliphatic carbocycles. The Kier molecular flexibility index (Phi) is 3.95. The predicted octanol–water partition coefficient (Wildman–Crippen LogP) is 2.23. The van der Waals surface area contributed by atoms with Gasteiger partial charge in [0.05, 0.1) is 5.69 Å². The molecule has 0 saturated heterocycles. The quantitative estimate of drug-likeness (QED) is 0.796. The maximum Gasteiger partial charge on any atom is 0.276 e. The van der Waals surface area contributed by atoms with Crippen molar-refractivity contribution in [3.63, 3.8) is 0 Å². The molecule has 3 aromatic rings. The summed E-state index contributed by atoms with van der Waals surface area (Å²) in [5, 5.41) is 10.4. The highest BCUT2D eigenvalue weighted by molar-refractivity contribution is 6.03. The molecule has 8 heteroatoms. The van der Waals surface area contributed by atoms with Crippen LogP contribution in [0.3, 0.4) is 0 Å². The van der Waals surface area contributed by atoms with Crippen molar-refractivity contribution in [2.24, 2.45) is 0 Å². The summed E-state index contributed by atoms with van der Waals surface area (Å²) in [5.41, 5.74) is 0.942. The molecular weight excluding hydrogens is 315 g/mol. The standard InChI is InChI=1S/C16H13FN4O3/c1-9-15(10(2)24-20-9)18-16(23)13-7-8-14(22)21(19-13)12-5-3-11(17)4-6-12/h3-8H,1-2H3,(H,18,23). The molecule has 7 nitrogen and oxygen atoms in total. The topological polar surface area (TPSA) is 90.0 Å². The van der Waals surface area contributed by atoms with Gasteiger partial charge in [-0.15, -0.1) is 0 Å². The van der Waals surface area contributed by atoms with Crippen LogP contribution in [0.4, 0.5) is 10.1 Å². The zero-order valence-corrected chi connectivity index (χ0v) is 12.9. The maximum absolute atomic E-state index is 13.0. The first kappa shape index (κ1) is 15.6. The fourth-order valence-corrected chi connectivity index (χ4v) is 2.14. The summed E-state index contributed by atoms with van der Waals surface area (Å²) in [7, 11) is 0. The average Bonchev–Trinajstić information content (AvgIpc) is 2.88. The van der Waals surface area contributed by atoms with Crippen LogP contribution in [-0.2, 0) is 0 Å². The van der Waals surface area contributed by atoms with Crippen LogP contribution in [0.15, 0.2) is 45.7 Å². The number of anilines is 1. The first-order valence-corrected chi connectivity index (χ1v) is 7.06. The van der Waals surface area contributed by atoms with E-state index < -0.39 is 17.3 Å². The summed E-state index contributed by atoms with van der Waals surface area (Å²) < 4.78 is 19.0. The van der Waals surface area contributed by atoms with Gasteiger partial charge in [-0.05, 0) is 44.2 Å². The van der Waals surface area contributed by atoms with E-state index in [4.69, 9.17) is 4.52 Å². The van der Waals surface area contributed by atoms with Gasteiger partial charge < -0.3 is 9.84 Å². The van der Waals surface area contributed by atoms with Crippen LogP contribution in [0.1, 0.15) is 21.9 Å². The molecule has 0 radical (unpaired) electrons. The molecule has 0 fully saturated rings. The molecule has 0 saturated carbocycles. The van der Waals surface area contributed by atoms with E-state index in [0.717, 1.165) is 4.68 Å². The second-order valence-electron chi connectivity index (χ2n) is 5.10. The predicted molar refractivity (Wildman–Crippen MR) is 83.7 cm³/mol. The van der Waals surface area contributed by atoms with Crippen molar-refractivity contribution < 1.29 is 13.7 Å². The van der Waals surface area contributed by atoms with Gasteiger partial charge >= 0.3 is 0 Å². The smallest absolute Gasteiger partial charge is 0.276 e. The Morgan fingerprint density at radius 1 is 1.17 bits per heavy atom. The fraction of sp³-hybridized carbons (Fsp3) is 0.125. The summed E-state index contributed by atoms with van der Waals surface area (Å²) in [6.07, 6.45) is 0. The highest BCUT2D eigenvalue weighted by Crippen LogP contribution is 2.19. The number of carbonyl (C=O) groups is 1. The summed E-state index contributed by atoms with van der Waals surface area (Å²) in [4.78, 5) is 24.3. The molecule has 24 heavy (non-hydrogen) atoms. The van der Waals surface area contributed by atoms with Gasteiger partial charge in [0.2, 0.25) is 0 Å². The van der Waals surface area contributed by atoms with Crippen molar-refractivity contribution >= 4 is 11.6 Å². The van der Waals surface area contributed by atoms with Crippen molar-refractivity contribution in [2.75, 3.05) is 5.32 Å². The SMILES string of the molecule is Cc1noc(C)c1NC(=O)c1ccc(=O)n(-c2ccc(F)cc2)n1. The van der Waals surface area contributed by atoms with Crippen molar-refractivity contribution in [3.8, 4) is 5.69 Å². The lowest BCUT2D eigenvalue weighted by molar-refractivity contribution is 0.102. The van der Waals surface area contributed by atoms with Crippen molar-refractivity contribution in [2.45, 2.75) is 13.8 Å². The Labute approximate surface area is 135 Å². The number of aromatic nitrogens is 3. The monoisotopic (exact) mass is 328 g/mol. The van der Waals surface area contributed by atoms with E-state index in [0.29, 0.717) is 22.8 Å². The molecular formula is C16H13FN4O3. The van der Waals surface area contributed by atoms with E-state index in [2.05, 4.69) is 15.6 Å². The van der Waals surface area contributed by atoms with Crippen LogP contribution < -0.4 is 10.9 Å². The second kappa shape index (κ2) is 6.07. The Bertz CT molecular complexity index is 941. The maximum atomic E-state index is 13.0. The van der Waals surface area contributed by atoms with Crippen LogP contribution in [0.25, 0.3) is 5.69 Å². The number of hydrogen-bond donors (Lipinski definition) is 1. The van der Waals surface area contributed by atoms with Crippen LogP contribution >= 0.6 is 0 Å². The number of nitrogens with one attached hydrogen (secondary N) is 1. The Morgan fingerprint density at radius 3 is 2.50 bits per heavy atom. The highest BCUT2D eigenvalue weighted by Gasteiger charge is 2.16. The molecule has 1 aromatic carbocycles. The van der Waals surface area contributed by atoms with Crippen LogP contribution in [0.2, 0.25) is 0 Å². The molecule has 0 atom stereocenters. The van der Waals surface area contributed by atoms with E-state index >= 15 is 0 Å². The lowest BCUT2D eigenvalue weighted by Crippen LogP contribution is -2.25. The van der Waals surface area contributed by atoms with Gasteiger partial charge in [-0.1, -0.05) is 5.16 Å². The summed E-state index contributed by atoms with van der Waals surface area (Å²) >= 11 is 0. The Hall–Kier alpha value is -3.29. The van der Waals surface area contributed by atoms with Crippen molar-refractivity contribution in [3.05, 3.63) is 69.7 Å². The number of halogens is 1. The molecule has 0 aliphatic heterocycles. The largest absolute Gasteiger partial charge is 0.359 e. The zero-order chi connectivity index (χ0) is 17.3. The third-order valence-corrected chi connectivity index (χ3v) is 3.38.